The molecule has 7 heteroatoms. The van der Waals surface area contributed by atoms with Crippen molar-refractivity contribution in [1.82, 2.24) is 15.1 Å². The van der Waals surface area contributed by atoms with Gasteiger partial charge in [-0.25, -0.2) is 9.38 Å². The minimum absolute atomic E-state index is 0.00364. The number of carbonyl (C=O) groups is 1. The van der Waals surface area contributed by atoms with Crippen molar-refractivity contribution >= 4 is 11.9 Å². The predicted molar refractivity (Wildman–Crippen MR) is 108 cm³/mol. The molecule has 1 N–H and O–H groups in total. The van der Waals surface area contributed by atoms with Crippen molar-refractivity contribution in [3.63, 3.8) is 0 Å². The van der Waals surface area contributed by atoms with Crippen LogP contribution in [0, 0.1) is 5.82 Å². The second-order valence-corrected chi connectivity index (χ2v) is 7.95. The highest BCUT2D eigenvalue weighted by molar-refractivity contribution is 5.85. The molecule has 2 fully saturated rings. The first-order chi connectivity index (χ1) is 13.4. The summed E-state index contributed by atoms with van der Waals surface area (Å²) in [5, 5.41) is 3.57. The summed E-state index contributed by atoms with van der Waals surface area (Å²) in [4.78, 5) is 20.4. The van der Waals surface area contributed by atoms with Crippen LogP contribution in [0.1, 0.15) is 44.3 Å². The highest BCUT2D eigenvalue weighted by Crippen LogP contribution is 2.26. The molecule has 2 aliphatic rings. The van der Waals surface area contributed by atoms with E-state index in [0.717, 1.165) is 24.4 Å². The summed E-state index contributed by atoms with van der Waals surface area (Å²) in [6.45, 7) is 3.47. The number of amides is 1. The van der Waals surface area contributed by atoms with Gasteiger partial charge in [0.1, 0.15) is 18.5 Å². The second-order valence-electron chi connectivity index (χ2n) is 7.95. The molecule has 0 spiro atoms. The van der Waals surface area contributed by atoms with E-state index in [-0.39, 0.29) is 30.5 Å². The quantitative estimate of drug-likeness (QED) is 0.634. The maximum absolute atomic E-state index is 13.3. The lowest BCUT2D eigenvalue weighted by atomic mass is 10.1. The number of ether oxygens (including phenoxy) is 1. The minimum Gasteiger partial charge on any atom is -0.367 e. The summed E-state index contributed by atoms with van der Waals surface area (Å²) in [6, 6.07) is 6.86. The molecular weight excluding hydrogens is 359 g/mol. The first-order valence-electron chi connectivity index (χ1n) is 10.1. The van der Waals surface area contributed by atoms with Crippen LogP contribution in [0.2, 0.25) is 0 Å². The molecule has 1 saturated carbocycles. The fourth-order valence-electron chi connectivity index (χ4n) is 3.76. The molecule has 1 aliphatic heterocycles. The van der Waals surface area contributed by atoms with Crippen molar-refractivity contribution in [1.29, 1.82) is 0 Å². The summed E-state index contributed by atoms with van der Waals surface area (Å²) >= 11 is 0. The highest BCUT2D eigenvalue weighted by atomic mass is 19.1. The van der Waals surface area contributed by atoms with Gasteiger partial charge in [-0.15, -0.1) is 0 Å². The van der Waals surface area contributed by atoms with Gasteiger partial charge in [-0.05, 0) is 37.5 Å². The van der Waals surface area contributed by atoms with Crippen LogP contribution in [-0.4, -0.2) is 67.5 Å². The van der Waals surface area contributed by atoms with E-state index in [1.54, 1.807) is 31.1 Å². The third-order valence-corrected chi connectivity index (χ3v) is 5.35. The normalized spacial score (nSPS) is 23.7. The van der Waals surface area contributed by atoms with Gasteiger partial charge in [-0.2, -0.15) is 0 Å². The SMILES string of the molecule is CC1CN(C(=NCC(=O)N(C)C)NC2CCCC2)CC(c2ccc(F)cc2)O1. The molecule has 6 nitrogen and oxygen atoms in total. The van der Waals surface area contributed by atoms with Crippen LogP contribution in [0.15, 0.2) is 29.3 Å². The first kappa shape index (κ1) is 20.6. The largest absolute Gasteiger partial charge is 0.367 e. The van der Waals surface area contributed by atoms with E-state index in [9.17, 15) is 9.18 Å². The topological polar surface area (TPSA) is 57.2 Å². The Morgan fingerprint density at radius 3 is 2.57 bits per heavy atom. The standard InChI is InChI=1S/C21H31FN4O2/c1-15-13-26(14-19(28-15)16-8-10-17(22)11-9-16)21(23-12-20(27)25(2)3)24-18-6-4-5-7-18/h8-11,15,18-19H,4-7,12-14H2,1-3H3,(H,23,24). The van der Waals surface area contributed by atoms with E-state index >= 15 is 0 Å². The number of aliphatic imine (C=N–C) groups is 1. The van der Waals surface area contributed by atoms with Crippen molar-refractivity contribution in [2.45, 2.75) is 50.9 Å². The summed E-state index contributed by atoms with van der Waals surface area (Å²) in [5.41, 5.74) is 0.947. The third-order valence-electron chi connectivity index (χ3n) is 5.35. The minimum atomic E-state index is -0.253. The fourth-order valence-corrected chi connectivity index (χ4v) is 3.76. The van der Waals surface area contributed by atoms with Crippen LogP contribution in [-0.2, 0) is 9.53 Å². The van der Waals surface area contributed by atoms with E-state index in [1.165, 1.54) is 25.0 Å². The van der Waals surface area contributed by atoms with Gasteiger partial charge >= 0.3 is 0 Å². The van der Waals surface area contributed by atoms with Gasteiger partial charge in [0.05, 0.1) is 12.6 Å². The van der Waals surface area contributed by atoms with Crippen molar-refractivity contribution in [3.8, 4) is 0 Å². The van der Waals surface area contributed by atoms with Crippen LogP contribution in [0.5, 0.6) is 0 Å². The molecule has 1 aromatic carbocycles. The van der Waals surface area contributed by atoms with Crippen LogP contribution in [0.3, 0.4) is 0 Å². The zero-order valence-electron chi connectivity index (χ0n) is 17.0. The Kier molecular flexibility index (Phi) is 6.88. The summed E-state index contributed by atoms with van der Waals surface area (Å²) in [6.07, 6.45) is 4.54. The van der Waals surface area contributed by atoms with Crippen molar-refractivity contribution in [2.75, 3.05) is 33.7 Å². The van der Waals surface area contributed by atoms with Gasteiger partial charge in [-0.1, -0.05) is 25.0 Å². The number of benzene rings is 1. The van der Waals surface area contributed by atoms with E-state index in [4.69, 9.17) is 4.74 Å². The van der Waals surface area contributed by atoms with Gasteiger partial charge in [0.2, 0.25) is 5.91 Å². The van der Waals surface area contributed by atoms with Crippen molar-refractivity contribution in [3.05, 3.63) is 35.6 Å². The maximum Gasteiger partial charge on any atom is 0.243 e. The van der Waals surface area contributed by atoms with E-state index in [1.807, 2.05) is 6.92 Å². The number of hydrogen-bond acceptors (Lipinski definition) is 3. The number of guanidine groups is 1. The fraction of sp³-hybridized carbons (Fsp3) is 0.619. The molecule has 28 heavy (non-hydrogen) atoms. The Labute approximate surface area is 166 Å². The van der Waals surface area contributed by atoms with Crippen molar-refractivity contribution < 1.29 is 13.9 Å². The van der Waals surface area contributed by atoms with Crippen LogP contribution in [0.25, 0.3) is 0 Å². The van der Waals surface area contributed by atoms with Gasteiger partial charge < -0.3 is 19.9 Å². The number of rotatable bonds is 4. The molecule has 1 saturated heterocycles. The Hall–Kier alpha value is -2.15. The van der Waals surface area contributed by atoms with Crippen LogP contribution < -0.4 is 5.32 Å². The Morgan fingerprint density at radius 2 is 1.93 bits per heavy atom. The van der Waals surface area contributed by atoms with E-state index < -0.39 is 0 Å². The van der Waals surface area contributed by atoms with Gasteiger partial charge in [0.15, 0.2) is 5.96 Å². The summed E-state index contributed by atoms with van der Waals surface area (Å²) < 4.78 is 19.4. The number of hydrogen-bond donors (Lipinski definition) is 1. The Balaban J connectivity index is 1.77. The number of likely N-dealkylation sites (N-methyl/N-ethyl adjacent to an activating group) is 1. The number of nitrogens with zero attached hydrogens (tertiary/aromatic N) is 3. The number of carbonyl (C=O) groups excluding carboxylic acids is 1. The average Bonchev–Trinajstić information content (AvgIpc) is 3.18. The lowest BCUT2D eigenvalue weighted by Crippen LogP contribution is -2.52. The molecule has 2 unspecified atom stereocenters. The van der Waals surface area contributed by atoms with Crippen LogP contribution in [0.4, 0.5) is 4.39 Å². The Bertz CT molecular complexity index is 686. The molecule has 154 valence electrons. The smallest absolute Gasteiger partial charge is 0.243 e. The maximum atomic E-state index is 13.3. The molecule has 3 rings (SSSR count). The lowest BCUT2D eigenvalue weighted by molar-refractivity contribution is -0.127. The third kappa shape index (κ3) is 5.44. The van der Waals surface area contributed by atoms with Gasteiger partial charge in [0.25, 0.3) is 0 Å². The number of nitrogens with one attached hydrogen (secondary N) is 1. The number of halogens is 1. The van der Waals surface area contributed by atoms with E-state index in [2.05, 4.69) is 15.2 Å². The molecule has 1 heterocycles. The lowest BCUT2D eigenvalue weighted by Gasteiger charge is -2.39. The second kappa shape index (κ2) is 9.37. The Morgan fingerprint density at radius 1 is 1.25 bits per heavy atom. The zero-order valence-corrected chi connectivity index (χ0v) is 17.0. The van der Waals surface area contributed by atoms with Crippen molar-refractivity contribution in [2.24, 2.45) is 4.99 Å². The monoisotopic (exact) mass is 390 g/mol. The van der Waals surface area contributed by atoms with E-state index in [0.29, 0.717) is 19.1 Å². The molecular formula is C21H31FN4O2. The molecule has 0 bridgehead atoms. The molecule has 1 aliphatic carbocycles. The summed E-state index contributed by atoms with van der Waals surface area (Å²) in [7, 11) is 3.48. The highest BCUT2D eigenvalue weighted by Gasteiger charge is 2.30. The molecule has 0 radical (unpaired) electrons. The van der Waals surface area contributed by atoms with Crippen LogP contribution >= 0.6 is 0 Å². The molecule has 0 aromatic heterocycles. The average molecular weight is 391 g/mol. The molecule has 1 aromatic rings. The number of morpholine rings is 1. The first-order valence-corrected chi connectivity index (χ1v) is 10.1. The van der Waals surface area contributed by atoms with Gasteiger partial charge in [0, 0.05) is 26.7 Å². The summed E-state index contributed by atoms with van der Waals surface area (Å²) in [5.74, 6) is 0.489. The van der Waals surface area contributed by atoms with Gasteiger partial charge in [-0.3, -0.25) is 4.79 Å². The molecule has 2 atom stereocenters. The predicted octanol–water partition coefficient (Wildman–Crippen LogP) is 2.56. The zero-order chi connectivity index (χ0) is 20.1. The molecule has 1 amide bonds.